The number of ether oxygens (including phenoxy) is 1. The summed E-state index contributed by atoms with van der Waals surface area (Å²) in [4.78, 5) is 15.4. The van der Waals surface area contributed by atoms with Crippen LogP contribution >= 0.6 is 0 Å². The first kappa shape index (κ1) is 20.6. The molecule has 0 amide bonds. The number of rotatable bonds is 5. The van der Waals surface area contributed by atoms with Crippen molar-refractivity contribution in [2.24, 2.45) is 0 Å². The smallest absolute Gasteiger partial charge is 0.227 e. The van der Waals surface area contributed by atoms with Crippen molar-refractivity contribution < 1.29 is 4.74 Å². The number of nitrogens with zero attached hydrogens (tertiary/aromatic N) is 5. The summed E-state index contributed by atoms with van der Waals surface area (Å²) in [7, 11) is 0. The molecule has 7 heteroatoms. The van der Waals surface area contributed by atoms with Crippen LogP contribution in [-0.2, 0) is 4.74 Å². The Hall–Kier alpha value is -4.28. The van der Waals surface area contributed by atoms with Crippen molar-refractivity contribution in [3.05, 3.63) is 84.8 Å². The summed E-state index contributed by atoms with van der Waals surface area (Å²) in [5, 5.41) is 12.8. The van der Waals surface area contributed by atoms with Crippen LogP contribution in [0, 0.1) is 11.3 Å². The molecule has 1 N–H and O–H groups in total. The lowest BCUT2D eigenvalue weighted by molar-refractivity contribution is 0.122. The van der Waals surface area contributed by atoms with Gasteiger partial charge >= 0.3 is 0 Å². The monoisotopic (exact) mass is 434 g/mol. The summed E-state index contributed by atoms with van der Waals surface area (Å²) in [6.45, 7) is 2.99. The lowest BCUT2D eigenvalue weighted by Crippen LogP contribution is -2.36. The van der Waals surface area contributed by atoms with Crippen molar-refractivity contribution in [2.45, 2.75) is 0 Å². The molecule has 0 aliphatic carbocycles. The second kappa shape index (κ2) is 9.47. The second-order valence-electron chi connectivity index (χ2n) is 7.68. The minimum absolute atomic E-state index is 0.499. The maximum absolute atomic E-state index is 9.54. The van der Waals surface area contributed by atoms with E-state index >= 15 is 0 Å². The molecule has 3 heterocycles. The Bertz CT molecular complexity index is 1280. The number of aromatic nitrogens is 3. The fourth-order valence-corrected chi connectivity index (χ4v) is 3.83. The molecular weight excluding hydrogens is 412 g/mol. The van der Waals surface area contributed by atoms with Gasteiger partial charge in [0.05, 0.1) is 30.5 Å². The van der Waals surface area contributed by atoms with E-state index < -0.39 is 0 Å². The molecule has 0 bridgehead atoms. The van der Waals surface area contributed by atoms with E-state index in [1.165, 1.54) is 0 Å². The van der Waals surface area contributed by atoms with E-state index in [2.05, 4.69) is 32.3 Å². The lowest BCUT2D eigenvalue weighted by Gasteiger charge is -2.29. The largest absolute Gasteiger partial charge is 0.378 e. The highest BCUT2D eigenvalue weighted by Gasteiger charge is 2.14. The van der Waals surface area contributed by atoms with E-state index in [1.807, 2.05) is 54.6 Å². The van der Waals surface area contributed by atoms with Gasteiger partial charge in [0.2, 0.25) is 5.95 Å². The average molecular weight is 435 g/mol. The third-order valence-electron chi connectivity index (χ3n) is 5.53. The van der Waals surface area contributed by atoms with Crippen LogP contribution in [0.4, 0.5) is 17.3 Å². The van der Waals surface area contributed by atoms with Gasteiger partial charge in [-0.25, -0.2) is 9.97 Å². The van der Waals surface area contributed by atoms with Gasteiger partial charge in [-0.05, 0) is 59.7 Å². The van der Waals surface area contributed by atoms with Gasteiger partial charge in [0.15, 0.2) is 0 Å². The highest BCUT2D eigenvalue weighted by atomic mass is 16.5. The first-order chi connectivity index (χ1) is 16.3. The van der Waals surface area contributed by atoms with Crippen LogP contribution in [0.5, 0.6) is 0 Å². The number of hydrogen-bond donors (Lipinski definition) is 1. The predicted molar refractivity (Wildman–Crippen MR) is 128 cm³/mol. The van der Waals surface area contributed by atoms with Crippen molar-refractivity contribution >= 4 is 17.3 Å². The molecule has 0 radical (unpaired) electrons. The first-order valence-corrected chi connectivity index (χ1v) is 10.8. The maximum Gasteiger partial charge on any atom is 0.227 e. The molecule has 1 aliphatic heterocycles. The number of hydrogen-bond acceptors (Lipinski definition) is 7. The van der Waals surface area contributed by atoms with Crippen LogP contribution in [0.15, 0.2) is 79.3 Å². The summed E-state index contributed by atoms with van der Waals surface area (Å²) in [6.07, 6.45) is 5.29. The van der Waals surface area contributed by atoms with Crippen LogP contribution < -0.4 is 10.2 Å². The van der Waals surface area contributed by atoms with Gasteiger partial charge in [-0.1, -0.05) is 12.1 Å². The summed E-state index contributed by atoms with van der Waals surface area (Å²) in [5.41, 5.74) is 6.37. The molecule has 1 aliphatic rings. The van der Waals surface area contributed by atoms with Crippen LogP contribution in [0.2, 0.25) is 0 Å². The molecule has 2 aromatic heterocycles. The number of nitrogens with one attached hydrogen (secondary N) is 1. The molecule has 162 valence electrons. The van der Waals surface area contributed by atoms with Gasteiger partial charge < -0.3 is 15.0 Å². The average Bonchev–Trinajstić information content (AvgIpc) is 2.90. The van der Waals surface area contributed by atoms with Gasteiger partial charge in [-0.3, -0.25) is 4.98 Å². The Labute approximate surface area is 192 Å². The maximum atomic E-state index is 9.54. The van der Waals surface area contributed by atoms with E-state index in [9.17, 15) is 5.26 Å². The van der Waals surface area contributed by atoms with Gasteiger partial charge in [0.1, 0.15) is 0 Å². The van der Waals surface area contributed by atoms with Crippen molar-refractivity contribution in [1.82, 2.24) is 15.0 Å². The van der Waals surface area contributed by atoms with Crippen LogP contribution in [0.25, 0.3) is 22.4 Å². The molecule has 5 rings (SSSR count). The molecule has 2 aromatic carbocycles. The van der Waals surface area contributed by atoms with Crippen molar-refractivity contribution in [3.63, 3.8) is 0 Å². The van der Waals surface area contributed by atoms with Crippen molar-refractivity contribution in [3.8, 4) is 28.5 Å². The second-order valence-corrected chi connectivity index (χ2v) is 7.68. The molecule has 7 nitrogen and oxygen atoms in total. The highest BCUT2D eigenvalue weighted by molar-refractivity contribution is 5.70. The van der Waals surface area contributed by atoms with E-state index in [0.29, 0.717) is 24.7 Å². The van der Waals surface area contributed by atoms with Gasteiger partial charge in [-0.2, -0.15) is 5.26 Å². The third kappa shape index (κ3) is 4.81. The Kier molecular flexibility index (Phi) is 5.91. The normalized spacial score (nSPS) is 13.4. The molecule has 0 atom stereocenters. The first-order valence-electron chi connectivity index (χ1n) is 10.8. The Morgan fingerprint density at radius 1 is 0.848 bits per heavy atom. The molecule has 0 unspecified atom stereocenters. The van der Waals surface area contributed by atoms with E-state index in [0.717, 1.165) is 46.8 Å². The highest BCUT2D eigenvalue weighted by Crippen LogP contribution is 2.28. The zero-order valence-electron chi connectivity index (χ0n) is 18.0. The predicted octanol–water partition coefficient (Wildman–Crippen LogP) is 4.66. The quantitative estimate of drug-likeness (QED) is 0.489. The fraction of sp³-hybridized carbons (Fsp3) is 0.154. The topological polar surface area (TPSA) is 87.0 Å². The van der Waals surface area contributed by atoms with E-state index in [1.54, 1.807) is 18.6 Å². The van der Waals surface area contributed by atoms with Crippen LogP contribution in [-0.4, -0.2) is 41.3 Å². The SMILES string of the molecule is N#Cc1cc(-c2ccnc(Nc3ccc(-c4ccncc4)cc3)n2)cc(N2CCOCC2)c1. The molecule has 4 aromatic rings. The molecular formula is C26H22N6O. The number of morpholine rings is 1. The Morgan fingerprint density at radius 2 is 1.61 bits per heavy atom. The van der Waals surface area contributed by atoms with Gasteiger partial charge in [0.25, 0.3) is 0 Å². The summed E-state index contributed by atoms with van der Waals surface area (Å²) < 4.78 is 5.46. The number of anilines is 3. The van der Waals surface area contributed by atoms with Gasteiger partial charge in [-0.15, -0.1) is 0 Å². The van der Waals surface area contributed by atoms with E-state index in [-0.39, 0.29) is 0 Å². The van der Waals surface area contributed by atoms with E-state index in [4.69, 9.17) is 9.72 Å². The van der Waals surface area contributed by atoms with Gasteiger partial charge in [0, 0.05) is 48.6 Å². The Balaban J connectivity index is 1.39. The van der Waals surface area contributed by atoms with Crippen molar-refractivity contribution in [2.75, 3.05) is 36.5 Å². The molecule has 0 spiro atoms. The number of pyridine rings is 1. The third-order valence-corrected chi connectivity index (χ3v) is 5.53. The summed E-state index contributed by atoms with van der Waals surface area (Å²) >= 11 is 0. The standard InChI is InChI=1S/C26H22N6O/c27-18-19-15-22(17-24(16-19)32-11-13-33-14-12-32)25-7-10-29-26(31-25)30-23-3-1-20(2-4-23)21-5-8-28-9-6-21/h1-10,15-17H,11-14H2,(H,29,30,31). The number of nitriles is 1. The lowest BCUT2D eigenvalue weighted by atomic mass is 10.1. The minimum atomic E-state index is 0.499. The zero-order valence-corrected chi connectivity index (χ0v) is 18.0. The number of benzene rings is 2. The molecule has 0 saturated carbocycles. The van der Waals surface area contributed by atoms with Crippen LogP contribution in [0.3, 0.4) is 0 Å². The van der Waals surface area contributed by atoms with Crippen molar-refractivity contribution in [1.29, 1.82) is 5.26 Å². The zero-order chi connectivity index (χ0) is 22.5. The fourth-order valence-electron chi connectivity index (χ4n) is 3.83. The molecule has 1 fully saturated rings. The van der Waals surface area contributed by atoms with Crippen LogP contribution in [0.1, 0.15) is 5.56 Å². The molecule has 33 heavy (non-hydrogen) atoms. The summed E-state index contributed by atoms with van der Waals surface area (Å²) in [5.74, 6) is 0.499. The Morgan fingerprint density at radius 3 is 2.36 bits per heavy atom. The minimum Gasteiger partial charge on any atom is -0.378 e. The molecule has 1 saturated heterocycles. The summed E-state index contributed by atoms with van der Waals surface area (Å²) in [6, 6.07) is 22.0.